The summed E-state index contributed by atoms with van der Waals surface area (Å²) in [7, 11) is -3.98. The summed E-state index contributed by atoms with van der Waals surface area (Å²) in [4.78, 5) is 25.2. The molecule has 0 saturated carbocycles. The van der Waals surface area contributed by atoms with Crippen molar-refractivity contribution in [3.8, 4) is 0 Å². The third-order valence-corrected chi connectivity index (χ3v) is 6.37. The molecule has 0 fully saturated rings. The number of carbonyl (C=O) groups excluding carboxylic acids is 2. The highest BCUT2D eigenvalue weighted by Crippen LogP contribution is 2.30. The quantitative estimate of drug-likeness (QED) is 0.503. The first kappa shape index (κ1) is 23.8. The molecule has 0 spiro atoms. The Balaban J connectivity index is 2.37. The number of hydrogen-bond acceptors (Lipinski definition) is 5. The van der Waals surface area contributed by atoms with Crippen molar-refractivity contribution in [1.29, 1.82) is 0 Å². The van der Waals surface area contributed by atoms with Crippen LogP contribution < -0.4 is 15.4 Å². The Kier molecular flexibility index (Phi) is 8.31. The van der Waals surface area contributed by atoms with Gasteiger partial charge in [0.1, 0.15) is 0 Å². The maximum Gasteiger partial charge on any atom is 0.261 e. The molecule has 2 amide bonds. The molecule has 7 nitrogen and oxygen atoms in total. The summed E-state index contributed by atoms with van der Waals surface area (Å²) in [6.07, 6.45) is 2.62. The first-order chi connectivity index (χ1) is 14.2. The molecule has 2 aromatic rings. The minimum atomic E-state index is -3.98. The number of thioether (sulfide) groups is 1. The lowest BCUT2D eigenvalue weighted by molar-refractivity contribution is -0.118. The molecule has 0 aromatic heterocycles. The van der Waals surface area contributed by atoms with Crippen molar-refractivity contribution in [2.24, 2.45) is 5.92 Å². The number of nitrogens with one attached hydrogen (secondary N) is 3. The van der Waals surface area contributed by atoms with Gasteiger partial charge in [-0.1, -0.05) is 32.9 Å². The van der Waals surface area contributed by atoms with Crippen molar-refractivity contribution in [1.82, 2.24) is 5.32 Å². The Hall–Kier alpha value is -2.52. The van der Waals surface area contributed by atoms with Gasteiger partial charge in [0.2, 0.25) is 5.91 Å². The van der Waals surface area contributed by atoms with Gasteiger partial charge in [0.05, 0.1) is 21.8 Å². The zero-order valence-electron chi connectivity index (χ0n) is 17.5. The smallest absolute Gasteiger partial charge is 0.261 e. The molecular formula is C21H27N3O4S2. The molecule has 0 aliphatic carbocycles. The van der Waals surface area contributed by atoms with Crippen LogP contribution in [0.2, 0.25) is 0 Å². The molecule has 30 heavy (non-hydrogen) atoms. The van der Waals surface area contributed by atoms with Crippen molar-refractivity contribution >= 4 is 45.0 Å². The summed E-state index contributed by atoms with van der Waals surface area (Å²) in [6.45, 7) is 5.95. The van der Waals surface area contributed by atoms with Crippen LogP contribution in [0, 0.1) is 5.92 Å². The van der Waals surface area contributed by atoms with Gasteiger partial charge < -0.3 is 10.6 Å². The van der Waals surface area contributed by atoms with Crippen LogP contribution in [0.5, 0.6) is 0 Å². The number of carbonyl (C=O) groups is 2. The van der Waals surface area contributed by atoms with Crippen molar-refractivity contribution in [2.45, 2.75) is 37.0 Å². The van der Waals surface area contributed by atoms with Crippen LogP contribution >= 0.6 is 11.8 Å². The van der Waals surface area contributed by atoms with Gasteiger partial charge in [-0.3, -0.25) is 14.3 Å². The van der Waals surface area contributed by atoms with Crippen molar-refractivity contribution in [2.75, 3.05) is 22.8 Å². The number of sulfonamides is 1. The molecule has 9 heteroatoms. The lowest BCUT2D eigenvalue weighted by atomic mass is 10.1. The Morgan fingerprint density at radius 1 is 1.07 bits per heavy atom. The summed E-state index contributed by atoms with van der Waals surface area (Å²) < 4.78 is 28.5. The van der Waals surface area contributed by atoms with Crippen LogP contribution in [0.1, 0.15) is 37.6 Å². The van der Waals surface area contributed by atoms with E-state index in [4.69, 9.17) is 0 Å². The fraction of sp³-hybridized carbons (Fsp3) is 0.333. The zero-order valence-corrected chi connectivity index (χ0v) is 19.1. The predicted molar refractivity (Wildman–Crippen MR) is 122 cm³/mol. The lowest BCUT2D eigenvalue weighted by Gasteiger charge is -2.15. The average molecular weight is 450 g/mol. The van der Waals surface area contributed by atoms with Gasteiger partial charge in [0.25, 0.3) is 15.9 Å². The van der Waals surface area contributed by atoms with Crippen LogP contribution in [0.25, 0.3) is 0 Å². The molecule has 2 aromatic carbocycles. The molecule has 162 valence electrons. The summed E-state index contributed by atoms with van der Waals surface area (Å²) in [6, 6.07) is 11.0. The SMILES string of the molecule is CCCNC(=O)c1ccccc1NS(=O)(=O)c1ccc(SC)c(NC(=O)C(C)C)c1. The van der Waals surface area contributed by atoms with Gasteiger partial charge in [-0.15, -0.1) is 11.8 Å². The number of amides is 2. The molecule has 0 saturated heterocycles. The van der Waals surface area contributed by atoms with Crippen LogP contribution in [-0.4, -0.2) is 33.0 Å². The van der Waals surface area contributed by atoms with Gasteiger partial charge in [0.15, 0.2) is 0 Å². The van der Waals surface area contributed by atoms with E-state index in [1.807, 2.05) is 13.2 Å². The molecule has 0 atom stereocenters. The molecule has 0 radical (unpaired) electrons. The van der Waals surface area contributed by atoms with Crippen molar-refractivity contribution in [3.63, 3.8) is 0 Å². The molecule has 0 aliphatic rings. The third-order valence-electron chi connectivity index (χ3n) is 4.22. The first-order valence-electron chi connectivity index (χ1n) is 9.58. The van der Waals surface area contributed by atoms with Gasteiger partial charge in [-0.2, -0.15) is 0 Å². The second-order valence-electron chi connectivity index (χ2n) is 6.91. The van der Waals surface area contributed by atoms with Crippen LogP contribution in [0.3, 0.4) is 0 Å². The van der Waals surface area contributed by atoms with E-state index in [2.05, 4.69) is 15.4 Å². The topological polar surface area (TPSA) is 104 Å². The van der Waals surface area contributed by atoms with Crippen molar-refractivity contribution in [3.05, 3.63) is 48.0 Å². The van der Waals surface area contributed by atoms with Gasteiger partial charge in [-0.05, 0) is 43.0 Å². The highest BCUT2D eigenvalue weighted by molar-refractivity contribution is 7.98. The second-order valence-corrected chi connectivity index (χ2v) is 9.44. The summed E-state index contributed by atoms with van der Waals surface area (Å²) in [5.74, 6) is -0.796. The number of rotatable bonds is 9. The summed E-state index contributed by atoms with van der Waals surface area (Å²) >= 11 is 1.40. The van der Waals surface area contributed by atoms with Gasteiger partial charge in [0, 0.05) is 17.4 Å². The normalized spacial score (nSPS) is 11.2. The molecule has 0 bridgehead atoms. The molecule has 0 heterocycles. The number of anilines is 2. The largest absolute Gasteiger partial charge is 0.352 e. The highest BCUT2D eigenvalue weighted by Gasteiger charge is 2.20. The first-order valence-corrected chi connectivity index (χ1v) is 12.3. The molecule has 0 aliphatic heterocycles. The predicted octanol–water partition coefficient (Wildman–Crippen LogP) is 3.94. The zero-order chi connectivity index (χ0) is 22.3. The van der Waals surface area contributed by atoms with E-state index in [1.54, 1.807) is 38.1 Å². The van der Waals surface area contributed by atoms with Crippen molar-refractivity contribution < 1.29 is 18.0 Å². The number of hydrogen-bond donors (Lipinski definition) is 3. The standard InChI is InChI=1S/C21H27N3O4S2/c1-5-12-22-21(26)16-8-6-7-9-17(16)24-30(27,28)15-10-11-19(29-4)18(13-15)23-20(25)14(2)3/h6-11,13-14,24H,5,12H2,1-4H3,(H,22,26)(H,23,25). The van der Waals surface area contributed by atoms with E-state index in [1.165, 1.54) is 30.0 Å². The lowest BCUT2D eigenvalue weighted by Crippen LogP contribution is -2.26. The maximum absolute atomic E-state index is 13.0. The summed E-state index contributed by atoms with van der Waals surface area (Å²) in [5.41, 5.74) is 0.856. The minimum absolute atomic E-state index is 0.0110. The fourth-order valence-electron chi connectivity index (χ4n) is 2.54. The van der Waals surface area contributed by atoms with Gasteiger partial charge in [-0.25, -0.2) is 8.42 Å². The summed E-state index contributed by atoms with van der Waals surface area (Å²) in [5, 5.41) is 5.52. The van der Waals surface area contributed by atoms with E-state index >= 15 is 0 Å². The van der Waals surface area contributed by atoms with E-state index in [0.29, 0.717) is 12.2 Å². The number of para-hydroxylation sites is 1. The van der Waals surface area contributed by atoms with E-state index in [9.17, 15) is 18.0 Å². The Morgan fingerprint density at radius 2 is 1.77 bits per heavy atom. The Labute approximate surface area is 182 Å². The molecular weight excluding hydrogens is 422 g/mol. The molecule has 3 N–H and O–H groups in total. The maximum atomic E-state index is 13.0. The monoisotopic (exact) mass is 449 g/mol. The third kappa shape index (κ3) is 5.99. The Bertz CT molecular complexity index is 1020. The van der Waals surface area contributed by atoms with E-state index in [-0.39, 0.29) is 33.9 Å². The van der Waals surface area contributed by atoms with Gasteiger partial charge >= 0.3 is 0 Å². The molecule has 2 rings (SSSR count). The average Bonchev–Trinajstić information content (AvgIpc) is 2.71. The van der Waals surface area contributed by atoms with Crippen LogP contribution in [-0.2, 0) is 14.8 Å². The Morgan fingerprint density at radius 3 is 2.40 bits per heavy atom. The van der Waals surface area contributed by atoms with E-state index in [0.717, 1.165) is 11.3 Å². The highest BCUT2D eigenvalue weighted by atomic mass is 32.2. The van der Waals surface area contributed by atoms with E-state index < -0.39 is 10.0 Å². The second kappa shape index (κ2) is 10.5. The van der Waals surface area contributed by atoms with Crippen LogP contribution in [0.15, 0.2) is 52.3 Å². The molecule has 0 unspecified atom stereocenters. The fourth-order valence-corrected chi connectivity index (χ4v) is 4.18. The minimum Gasteiger partial charge on any atom is -0.352 e. The van der Waals surface area contributed by atoms with Crippen LogP contribution in [0.4, 0.5) is 11.4 Å². The number of benzene rings is 2.